The lowest BCUT2D eigenvalue weighted by atomic mass is 10.2. The molecular weight excluding hydrogens is 374 g/mol. The number of nitrogens with one attached hydrogen (secondary N) is 1. The maximum atomic E-state index is 12.4. The van der Waals surface area contributed by atoms with E-state index in [9.17, 15) is 9.59 Å². The molecule has 0 aliphatic carbocycles. The van der Waals surface area contributed by atoms with Gasteiger partial charge in [-0.3, -0.25) is 9.59 Å². The maximum Gasteiger partial charge on any atom is 0.275 e. The minimum absolute atomic E-state index is 0.145. The van der Waals surface area contributed by atoms with Crippen LogP contribution < -0.4 is 10.9 Å². The first-order chi connectivity index (χ1) is 13.6. The molecule has 0 saturated carbocycles. The van der Waals surface area contributed by atoms with Crippen molar-refractivity contribution in [2.45, 2.75) is 16.6 Å². The number of anilines is 1. The standard InChI is InChI=1S/C20H17N5O2S/c1-24-11-10-21-20(24)28-16-8-6-15(7-9-16)23-18(26)13-25-19(27)17-5-3-2-4-14(17)12-22-25/h2-12H,13H2,1H3,(H,23,26). The van der Waals surface area contributed by atoms with Gasteiger partial charge in [-0.15, -0.1) is 0 Å². The largest absolute Gasteiger partial charge is 0.329 e. The van der Waals surface area contributed by atoms with Crippen LogP contribution in [-0.2, 0) is 18.4 Å². The molecule has 4 rings (SSSR count). The van der Waals surface area contributed by atoms with E-state index in [2.05, 4.69) is 15.4 Å². The van der Waals surface area contributed by atoms with Crippen LogP contribution in [0.3, 0.4) is 0 Å². The molecule has 7 nitrogen and oxygen atoms in total. The third-order valence-electron chi connectivity index (χ3n) is 4.18. The van der Waals surface area contributed by atoms with Gasteiger partial charge in [-0.2, -0.15) is 5.10 Å². The molecule has 0 unspecified atom stereocenters. The highest BCUT2D eigenvalue weighted by Crippen LogP contribution is 2.26. The summed E-state index contributed by atoms with van der Waals surface area (Å²) in [6.45, 7) is -0.145. The Morgan fingerprint density at radius 2 is 1.93 bits per heavy atom. The highest BCUT2D eigenvalue weighted by atomic mass is 32.2. The second kappa shape index (κ2) is 7.69. The van der Waals surface area contributed by atoms with E-state index in [0.717, 1.165) is 15.4 Å². The zero-order valence-electron chi connectivity index (χ0n) is 15.1. The number of rotatable bonds is 5. The second-order valence-corrected chi connectivity index (χ2v) is 7.23. The molecule has 2 aromatic carbocycles. The van der Waals surface area contributed by atoms with E-state index in [1.165, 1.54) is 16.4 Å². The first-order valence-electron chi connectivity index (χ1n) is 8.60. The molecule has 1 amide bonds. The summed E-state index contributed by atoms with van der Waals surface area (Å²) in [4.78, 5) is 30.1. The minimum atomic E-state index is -0.311. The molecule has 28 heavy (non-hydrogen) atoms. The normalized spacial score (nSPS) is 10.9. The fourth-order valence-electron chi connectivity index (χ4n) is 2.74. The van der Waals surface area contributed by atoms with Crippen LogP contribution in [0.15, 0.2) is 82.0 Å². The zero-order chi connectivity index (χ0) is 19.5. The lowest BCUT2D eigenvalue weighted by Gasteiger charge is -2.08. The van der Waals surface area contributed by atoms with Crippen molar-refractivity contribution in [3.63, 3.8) is 0 Å². The van der Waals surface area contributed by atoms with Crippen LogP contribution in [0.4, 0.5) is 5.69 Å². The van der Waals surface area contributed by atoms with Gasteiger partial charge < -0.3 is 9.88 Å². The molecule has 0 aliphatic rings. The first kappa shape index (κ1) is 18.0. The molecule has 4 aromatic rings. The Balaban J connectivity index is 1.43. The Morgan fingerprint density at radius 3 is 2.68 bits per heavy atom. The zero-order valence-corrected chi connectivity index (χ0v) is 15.9. The van der Waals surface area contributed by atoms with E-state index in [4.69, 9.17) is 0 Å². The number of carbonyl (C=O) groups excluding carboxylic acids is 1. The lowest BCUT2D eigenvalue weighted by molar-refractivity contribution is -0.117. The Morgan fingerprint density at radius 1 is 1.14 bits per heavy atom. The number of aromatic nitrogens is 4. The molecule has 1 N–H and O–H groups in total. The Bertz CT molecular complexity index is 1200. The van der Waals surface area contributed by atoms with Gasteiger partial charge in [0.25, 0.3) is 5.56 Å². The quantitative estimate of drug-likeness (QED) is 0.566. The first-order valence-corrected chi connectivity index (χ1v) is 9.42. The van der Waals surface area contributed by atoms with Gasteiger partial charge in [0.1, 0.15) is 6.54 Å². The number of imidazole rings is 1. The Hall–Kier alpha value is -3.39. The van der Waals surface area contributed by atoms with Gasteiger partial charge in [-0.25, -0.2) is 9.67 Å². The van der Waals surface area contributed by atoms with Gasteiger partial charge in [0, 0.05) is 35.4 Å². The number of hydrogen-bond acceptors (Lipinski definition) is 5. The van der Waals surface area contributed by atoms with E-state index >= 15 is 0 Å². The third-order valence-corrected chi connectivity index (χ3v) is 5.26. The van der Waals surface area contributed by atoms with Gasteiger partial charge in [0.15, 0.2) is 5.16 Å². The molecule has 0 saturated heterocycles. The van der Waals surface area contributed by atoms with Gasteiger partial charge in [-0.1, -0.05) is 30.0 Å². The fourth-order valence-corrected chi connectivity index (χ4v) is 3.54. The van der Waals surface area contributed by atoms with Crippen molar-refractivity contribution in [2.75, 3.05) is 5.32 Å². The second-order valence-electron chi connectivity index (χ2n) is 6.19. The number of aryl methyl sites for hydroxylation is 1. The number of nitrogens with zero attached hydrogens (tertiary/aromatic N) is 4. The molecule has 0 atom stereocenters. The average Bonchev–Trinajstić information content (AvgIpc) is 3.10. The molecule has 140 valence electrons. The number of amides is 1. The van der Waals surface area contributed by atoms with Crippen molar-refractivity contribution in [3.05, 3.63) is 77.5 Å². The molecular formula is C20H17N5O2S. The van der Waals surface area contributed by atoms with E-state index in [-0.39, 0.29) is 18.0 Å². The van der Waals surface area contributed by atoms with Crippen LogP contribution >= 0.6 is 11.8 Å². The van der Waals surface area contributed by atoms with Crippen LogP contribution in [0.5, 0.6) is 0 Å². The molecule has 2 aromatic heterocycles. The van der Waals surface area contributed by atoms with Crippen molar-refractivity contribution in [2.24, 2.45) is 7.05 Å². The number of hydrogen-bond donors (Lipinski definition) is 1. The SMILES string of the molecule is Cn1ccnc1Sc1ccc(NC(=O)Cn2ncc3ccccc3c2=O)cc1. The van der Waals surface area contributed by atoms with Gasteiger partial charge >= 0.3 is 0 Å². The monoisotopic (exact) mass is 391 g/mol. The van der Waals surface area contributed by atoms with Crippen LogP contribution in [0.2, 0.25) is 0 Å². The molecule has 0 radical (unpaired) electrons. The van der Waals surface area contributed by atoms with Crippen LogP contribution in [-0.4, -0.2) is 25.2 Å². The van der Waals surface area contributed by atoms with Crippen molar-refractivity contribution < 1.29 is 4.79 Å². The van der Waals surface area contributed by atoms with Crippen molar-refractivity contribution >= 4 is 34.1 Å². The maximum absolute atomic E-state index is 12.4. The number of fused-ring (bicyclic) bond motifs is 1. The fraction of sp³-hybridized carbons (Fsp3) is 0.100. The average molecular weight is 391 g/mol. The smallest absolute Gasteiger partial charge is 0.275 e. The summed E-state index contributed by atoms with van der Waals surface area (Å²) >= 11 is 1.54. The molecule has 8 heteroatoms. The summed E-state index contributed by atoms with van der Waals surface area (Å²) in [6.07, 6.45) is 5.23. The van der Waals surface area contributed by atoms with Crippen molar-refractivity contribution in [3.8, 4) is 0 Å². The Labute approximate surface area is 165 Å². The van der Waals surface area contributed by atoms with Crippen LogP contribution in [0.25, 0.3) is 10.8 Å². The van der Waals surface area contributed by atoms with Gasteiger partial charge in [-0.05, 0) is 30.3 Å². The van der Waals surface area contributed by atoms with E-state index in [1.807, 2.05) is 54.2 Å². The lowest BCUT2D eigenvalue weighted by Crippen LogP contribution is -2.29. The summed E-state index contributed by atoms with van der Waals surface area (Å²) in [5.41, 5.74) is 0.373. The predicted octanol–water partition coefficient (Wildman–Crippen LogP) is 2.92. The van der Waals surface area contributed by atoms with Gasteiger partial charge in [0.2, 0.25) is 5.91 Å². The van der Waals surface area contributed by atoms with E-state index in [1.54, 1.807) is 24.5 Å². The van der Waals surface area contributed by atoms with Crippen LogP contribution in [0, 0.1) is 0 Å². The van der Waals surface area contributed by atoms with E-state index < -0.39 is 0 Å². The summed E-state index contributed by atoms with van der Waals surface area (Å²) in [7, 11) is 1.94. The molecule has 0 fully saturated rings. The summed E-state index contributed by atoms with van der Waals surface area (Å²) in [5.74, 6) is -0.311. The number of carbonyl (C=O) groups is 1. The predicted molar refractivity (Wildman–Crippen MR) is 108 cm³/mol. The summed E-state index contributed by atoms with van der Waals surface area (Å²) < 4.78 is 3.11. The Kier molecular flexibility index (Phi) is 4.94. The van der Waals surface area contributed by atoms with Gasteiger partial charge in [0.05, 0.1) is 11.6 Å². The van der Waals surface area contributed by atoms with E-state index in [0.29, 0.717) is 11.1 Å². The summed E-state index contributed by atoms with van der Waals surface area (Å²) in [5, 5.41) is 9.06. The highest BCUT2D eigenvalue weighted by molar-refractivity contribution is 7.99. The van der Waals surface area contributed by atoms with Crippen molar-refractivity contribution in [1.82, 2.24) is 19.3 Å². The highest BCUT2D eigenvalue weighted by Gasteiger charge is 2.09. The molecule has 2 heterocycles. The number of benzene rings is 2. The third kappa shape index (κ3) is 3.81. The topological polar surface area (TPSA) is 81.8 Å². The summed E-state index contributed by atoms with van der Waals surface area (Å²) in [6, 6.07) is 14.6. The van der Waals surface area contributed by atoms with Crippen LogP contribution in [0.1, 0.15) is 0 Å². The molecule has 0 spiro atoms. The minimum Gasteiger partial charge on any atom is -0.329 e. The van der Waals surface area contributed by atoms with Crippen molar-refractivity contribution in [1.29, 1.82) is 0 Å². The molecule has 0 aliphatic heterocycles. The molecule has 0 bridgehead atoms.